The third kappa shape index (κ3) is 5.42. The monoisotopic (exact) mass is 370 g/mol. The number of rotatable bonds is 5. The summed E-state index contributed by atoms with van der Waals surface area (Å²) in [5.74, 6) is -0.913. The van der Waals surface area contributed by atoms with E-state index in [-0.39, 0.29) is 23.4 Å². The van der Waals surface area contributed by atoms with E-state index in [0.29, 0.717) is 31.5 Å². The molecule has 6 heteroatoms. The topological polar surface area (TPSA) is 32.3 Å². The van der Waals surface area contributed by atoms with Crippen LogP contribution < -0.4 is 5.32 Å². The third-order valence-electron chi connectivity index (χ3n) is 4.45. The quantitative estimate of drug-likeness (QED) is 0.856. The van der Waals surface area contributed by atoms with Crippen LogP contribution in [0, 0.1) is 11.6 Å². The Balaban J connectivity index is 2.27. The molecule has 1 aromatic rings. The highest BCUT2D eigenvalue weighted by Gasteiger charge is 2.34. The van der Waals surface area contributed by atoms with Crippen molar-refractivity contribution in [1.29, 1.82) is 0 Å². The molecule has 0 saturated carbocycles. The number of amides is 1. The fourth-order valence-corrected chi connectivity index (χ4v) is 3.71. The van der Waals surface area contributed by atoms with Crippen LogP contribution in [0.3, 0.4) is 0 Å². The van der Waals surface area contributed by atoms with E-state index in [2.05, 4.69) is 5.32 Å². The first-order valence-electron chi connectivity index (χ1n) is 8.72. The lowest BCUT2D eigenvalue weighted by Gasteiger charge is -2.30. The highest BCUT2D eigenvalue weighted by atomic mass is 32.2. The summed E-state index contributed by atoms with van der Waals surface area (Å²) in [5, 5.41) is 3.39. The average Bonchev–Trinajstić information content (AvgIpc) is 2.67. The average molecular weight is 371 g/mol. The van der Waals surface area contributed by atoms with Gasteiger partial charge in [0, 0.05) is 30.3 Å². The Labute approximate surface area is 153 Å². The number of carbonyl (C=O) groups excluding carboxylic acids is 1. The van der Waals surface area contributed by atoms with Gasteiger partial charge in [0.1, 0.15) is 0 Å². The van der Waals surface area contributed by atoms with Gasteiger partial charge in [-0.3, -0.25) is 4.79 Å². The molecule has 3 nitrogen and oxygen atoms in total. The molecule has 0 radical (unpaired) electrons. The molecule has 0 spiro atoms. The van der Waals surface area contributed by atoms with E-state index in [1.54, 1.807) is 17.8 Å². The summed E-state index contributed by atoms with van der Waals surface area (Å²) >= 11 is 1.67. The Morgan fingerprint density at radius 3 is 2.64 bits per heavy atom. The van der Waals surface area contributed by atoms with E-state index >= 15 is 0 Å². The van der Waals surface area contributed by atoms with Crippen LogP contribution in [0.5, 0.6) is 0 Å². The molecule has 1 aliphatic heterocycles. The summed E-state index contributed by atoms with van der Waals surface area (Å²) < 4.78 is 27.9. The molecule has 0 aliphatic carbocycles. The predicted octanol–water partition coefficient (Wildman–Crippen LogP) is 3.79. The highest BCUT2D eigenvalue weighted by Crippen LogP contribution is 2.30. The van der Waals surface area contributed by atoms with Crippen molar-refractivity contribution in [2.24, 2.45) is 0 Å². The smallest absolute Gasteiger partial charge is 0.239 e. The van der Waals surface area contributed by atoms with Gasteiger partial charge in [-0.1, -0.05) is 12.1 Å². The van der Waals surface area contributed by atoms with Crippen LogP contribution in [0.25, 0.3) is 0 Å². The molecule has 1 heterocycles. The Morgan fingerprint density at radius 1 is 1.28 bits per heavy atom. The zero-order valence-electron chi connectivity index (χ0n) is 15.4. The molecular weight excluding hydrogens is 342 g/mol. The van der Waals surface area contributed by atoms with Gasteiger partial charge in [-0.05, 0) is 51.5 Å². The number of thioether (sulfide) groups is 1. The predicted molar refractivity (Wildman–Crippen MR) is 100.0 cm³/mol. The molecule has 2 atom stereocenters. The number of nitrogens with zero attached hydrogens (tertiary/aromatic N) is 1. The van der Waals surface area contributed by atoms with Crippen molar-refractivity contribution in [1.82, 2.24) is 10.2 Å². The molecule has 25 heavy (non-hydrogen) atoms. The van der Waals surface area contributed by atoms with Crippen molar-refractivity contribution in [3.8, 4) is 0 Å². The minimum Gasteiger partial charge on any atom is -0.340 e. The number of nitrogens with one attached hydrogen (secondary N) is 1. The normalized spacial score (nSPS) is 22.2. The molecule has 0 unspecified atom stereocenters. The number of carbonyl (C=O) groups is 1. The Kier molecular flexibility index (Phi) is 6.86. The lowest BCUT2D eigenvalue weighted by Crippen LogP contribution is -2.52. The molecular formula is C19H28F2N2OS. The van der Waals surface area contributed by atoms with Gasteiger partial charge in [-0.25, -0.2) is 8.78 Å². The summed E-state index contributed by atoms with van der Waals surface area (Å²) in [5.41, 5.74) is 0.188. The second kappa shape index (κ2) is 8.49. The van der Waals surface area contributed by atoms with Crippen LogP contribution in [0.2, 0.25) is 0 Å². The van der Waals surface area contributed by atoms with E-state index in [1.807, 2.05) is 31.9 Å². The van der Waals surface area contributed by atoms with Crippen molar-refractivity contribution in [2.75, 3.05) is 25.1 Å². The molecule has 0 bridgehead atoms. The first kappa shape index (κ1) is 20.2. The van der Waals surface area contributed by atoms with Gasteiger partial charge in [0.2, 0.25) is 5.91 Å². The van der Waals surface area contributed by atoms with Crippen LogP contribution in [-0.2, 0) is 4.79 Å². The molecule has 1 aromatic carbocycles. The number of hydrogen-bond donors (Lipinski definition) is 1. The summed E-state index contributed by atoms with van der Waals surface area (Å²) in [6, 6.07) is 4.02. The number of hydrogen-bond acceptors (Lipinski definition) is 3. The van der Waals surface area contributed by atoms with Gasteiger partial charge in [0.05, 0.1) is 6.04 Å². The van der Waals surface area contributed by atoms with E-state index in [9.17, 15) is 13.6 Å². The van der Waals surface area contributed by atoms with E-state index in [1.165, 1.54) is 6.07 Å². The number of likely N-dealkylation sites (tertiary alicyclic amines) is 1. The minimum absolute atomic E-state index is 0.0586. The fourth-order valence-electron chi connectivity index (χ4n) is 3.31. The van der Waals surface area contributed by atoms with Crippen molar-refractivity contribution in [2.45, 2.75) is 51.1 Å². The highest BCUT2D eigenvalue weighted by molar-refractivity contribution is 7.98. The van der Waals surface area contributed by atoms with Gasteiger partial charge < -0.3 is 10.2 Å². The Bertz CT molecular complexity index is 604. The Hall–Kier alpha value is -1.14. The van der Waals surface area contributed by atoms with Gasteiger partial charge in [0.25, 0.3) is 0 Å². The molecule has 2 rings (SSSR count). The molecule has 1 fully saturated rings. The Morgan fingerprint density at radius 2 is 2.00 bits per heavy atom. The van der Waals surface area contributed by atoms with Gasteiger partial charge >= 0.3 is 0 Å². The zero-order chi connectivity index (χ0) is 18.6. The van der Waals surface area contributed by atoms with Crippen LogP contribution >= 0.6 is 11.8 Å². The molecule has 140 valence electrons. The van der Waals surface area contributed by atoms with Crippen molar-refractivity contribution in [3.05, 3.63) is 35.4 Å². The first-order chi connectivity index (χ1) is 11.7. The van der Waals surface area contributed by atoms with Crippen molar-refractivity contribution in [3.63, 3.8) is 0 Å². The second-order valence-electron chi connectivity index (χ2n) is 7.64. The molecule has 0 aromatic heterocycles. The van der Waals surface area contributed by atoms with E-state index in [4.69, 9.17) is 0 Å². The third-order valence-corrected chi connectivity index (χ3v) is 5.04. The molecule has 1 amide bonds. The lowest BCUT2D eigenvalue weighted by atomic mass is 9.92. The summed E-state index contributed by atoms with van der Waals surface area (Å²) in [6.07, 6.45) is 3.26. The van der Waals surface area contributed by atoms with Gasteiger partial charge in [-0.15, -0.1) is 0 Å². The van der Waals surface area contributed by atoms with Crippen LogP contribution in [0.1, 0.15) is 45.1 Å². The SMILES string of the molecule is CSCCN1C[C@H](c2cccc(F)c2F)CC[C@@H](NC(C)(C)C)C1=O. The molecule has 1 aliphatic rings. The maximum Gasteiger partial charge on any atom is 0.239 e. The van der Waals surface area contributed by atoms with Crippen molar-refractivity contribution < 1.29 is 13.6 Å². The van der Waals surface area contributed by atoms with Gasteiger partial charge in [0.15, 0.2) is 11.6 Å². The van der Waals surface area contributed by atoms with Gasteiger partial charge in [-0.2, -0.15) is 11.8 Å². The standard InChI is InChI=1S/C19H28F2N2OS/c1-19(2,3)22-16-9-8-13(12-23(18(16)24)10-11-25-4)14-6-5-7-15(20)17(14)21/h5-7,13,16,22H,8-12H2,1-4H3/t13-,16-/m1/s1. The largest absolute Gasteiger partial charge is 0.340 e. The number of benzene rings is 1. The molecule has 1 saturated heterocycles. The zero-order valence-corrected chi connectivity index (χ0v) is 16.3. The van der Waals surface area contributed by atoms with Crippen LogP contribution in [0.4, 0.5) is 8.78 Å². The van der Waals surface area contributed by atoms with Crippen molar-refractivity contribution >= 4 is 17.7 Å². The first-order valence-corrected chi connectivity index (χ1v) is 10.1. The van der Waals surface area contributed by atoms with E-state index < -0.39 is 11.6 Å². The van der Waals surface area contributed by atoms with Crippen LogP contribution in [-0.4, -0.2) is 47.5 Å². The van der Waals surface area contributed by atoms with Crippen LogP contribution in [0.15, 0.2) is 18.2 Å². The fraction of sp³-hybridized carbons (Fsp3) is 0.632. The summed E-state index contributed by atoms with van der Waals surface area (Å²) in [7, 11) is 0. The van der Waals surface area contributed by atoms with E-state index in [0.717, 1.165) is 11.8 Å². The summed E-state index contributed by atoms with van der Waals surface area (Å²) in [6.45, 7) is 7.14. The maximum atomic E-state index is 14.3. The number of halogens is 2. The second-order valence-corrected chi connectivity index (χ2v) is 8.63. The summed E-state index contributed by atoms with van der Waals surface area (Å²) in [4.78, 5) is 14.8. The maximum absolute atomic E-state index is 14.3. The minimum atomic E-state index is -0.826. The molecule has 1 N–H and O–H groups in total. The lowest BCUT2D eigenvalue weighted by molar-refractivity contribution is -0.133.